The third kappa shape index (κ3) is 5.04. The van der Waals surface area contributed by atoms with Crippen LogP contribution in [0.1, 0.15) is 55.3 Å². The van der Waals surface area contributed by atoms with E-state index in [1.54, 1.807) is 0 Å². The number of benzene rings is 1. The Balaban J connectivity index is 1.66. The number of carbonyl (C=O) groups is 2. The fourth-order valence-corrected chi connectivity index (χ4v) is 5.64. The van der Waals surface area contributed by atoms with Crippen LogP contribution in [0.4, 0.5) is 0 Å². The van der Waals surface area contributed by atoms with E-state index in [-0.39, 0.29) is 27.4 Å². The summed E-state index contributed by atoms with van der Waals surface area (Å²) in [6.45, 7) is 0.482. The lowest BCUT2D eigenvalue weighted by Crippen LogP contribution is -2.36. The SMILES string of the molecule is O=C(COC(=O)c1ccc(Cl)c(S(=O)(=O)N2CCCCC2)c1)NC1CCCC1. The molecule has 0 atom stereocenters. The maximum absolute atomic E-state index is 12.9. The molecule has 3 rings (SSSR count). The Bertz CT molecular complexity index is 831. The molecule has 1 amide bonds. The molecule has 2 aliphatic rings. The van der Waals surface area contributed by atoms with Crippen LogP contribution in [-0.2, 0) is 19.6 Å². The molecule has 28 heavy (non-hydrogen) atoms. The lowest BCUT2D eigenvalue weighted by Gasteiger charge is -2.26. The Morgan fingerprint density at radius 1 is 1.11 bits per heavy atom. The van der Waals surface area contributed by atoms with Crippen LogP contribution in [0, 0.1) is 0 Å². The molecule has 154 valence electrons. The van der Waals surface area contributed by atoms with Gasteiger partial charge in [-0.25, -0.2) is 13.2 Å². The molecule has 0 unspecified atom stereocenters. The first-order valence-corrected chi connectivity index (χ1v) is 11.5. The standard InChI is InChI=1S/C19H25ClN2O5S/c20-16-9-8-14(12-17(16)28(25,26)22-10-4-1-5-11-22)19(24)27-13-18(23)21-15-6-2-3-7-15/h8-9,12,15H,1-7,10-11,13H2,(H,21,23). The number of sulfonamides is 1. The summed E-state index contributed by atoms with van der Waals surface area (Å²) in [6.07, 6.45) is 6.65. The second-order valence-corrected chi connectivity index (χ2v) is 9.55. The monoisotopic (exact) mass is 428 g/mol. The normalized spacial score (nSPS) is 18.8. The number of amides is 1. The molecule has 1 N–H and O–H groups in total. The molecule has 7 nitrogen and oxygen atoms in total. The highest BCUT2D eigenvalue weighted by atomic mass is 35.5. The summed E-state index contributed by atoms with van der Waals surface area (Å²) in [6, 6.07) is 4.13. The summed E-state index contributed by atoms with van der Waals surface area (Å²) in [5.41, 5.74) is 0.0497. The van der Waals surface area contributed by atoms with Crippen molar-refractivity contribution in [3.63, 3.8) is 0 Å². The number of rotatable bonds is 6. The van der Waals surface area contributed by atoms with Crippen molar-refractivity contribution >= 4 is 33.5 Å². The van der Waals surface area contributed by atoms with Gasteiger partial charge in [0.1, 0.15) is 4.90 Å². The number of hydrogen-bond donors (Lipinski definition) is 1. The van der Waals surface area contributed by atoms with Gasteiger partial charge in [0.25, 0.3) is 5.91 Å². The van der Waals surface area contributed by atoms with E-state index in [1.165, 1.54) is 22.5 Å². The fraction of sp³-hybridized carbons (Fsp3) is 0.579. The highest BCUT2D eigenvalue weighted by molar-refractivity contribution is 7.89. The van der Waals surface area contributed by atoms with Crippen LogP contribution in [0.15, 0.2) is 23.1 Å². The predicted octanol–water partition coefficient (Wildman–Crippen LogP) is 2.73. The average molecular weight is 429 g/mol. The number of ether oxygens (including phenoxy) is 1. The molecule has 1 aliphatic carbocycles. The third-order valence-electron chi connectivity index (χ3n) is 5.15. The number of carbonyl (C=O) groups excluding carboxylic acids is 2. The van der Waals surface area contributed by atoms with Gasteiger partial charge in [-0.1, -0.05) is 30.9 Å². The highest BCUT2D eigenvalue weighted by Crippen LogP contribution is 2.28. The Morgan fingerprint density at radius 3 is 2.46 bits per heavy atom. The van der Waals surface area contributed by atoms with E-state index in [0.29, 0.717) is 13.1 Å². The Hall–Kier alpha value is -1.64. The zero-order chi connectivity index (χ0) is 20.1. The molecular weight excluding hydrogens is 404 g/mol. The Labute approximate surface area is 170 Å². The summed E-state index contributed by atoms with van der Waals surface area (Å²) >= 11 is 6.11. The van der Waals surface area contributed by atoms with Crippen molar-refractivity contribution in [3.8, 4) is 0 Å². The molecule has 1 aromatic carbocycles. The molecule has 0 spiro atoms. The van der Waals surface area contributed by atoms with E-state index >= 15 is 0 Å². The molecule has 9 heteroatoms. The first kappa shape index (κ1) is 21.1. The van der Waals surface area contributed by atoms with Crippen molar-refractivity contribution in [2.24, 2.45) is 0 Å². The van der Waals surface area contributed by atoms with Gasteiger partial charge in [-0.15, -0.1) is 0 Å². The molecule has 0 bridgehead atoms. The van der Waals surface area contributed by atoms with Crippen LogP contribution in [0.3, 0.4) is 0 Å². The summed E-state index contributed by atoms with van der Waals surface area (Å²) in [4.78, 5) is 24.1. The summed E-state index contributed by atoms with van der Waals surface area (Å²) in [5, 5.41) is 2.89. The van der Waals surface area contributed by atoms with Crippen LogP contribution >= 0.6 is 11.6 Å². The number of hydrogen-bond acceptors (Lipinski definition) is 5. The van der Waals surface area contributed by atoms with Gasteiger partial charge in [0.05, 0.1) is 10.6 Å². The quantitative estimate of drug-likeness (QED) is 0.703. The van der Waals surface area contributed by atoms with Gasteiger partial charge < -0.3 is 10.1 Å². The van der Waals surface area contributed by atoms with E-state index < -0.39 is 22.6 Å². The first-order valence-electron chi connectivity index (χ1n) is 9.64. The maximum atomic E-state index is 12.9. The smallest absolute Gasteiger partial charge is 0.338 e. The van der Waals surface area contributed by atoms with Crippen molar-refractivity contribution in [1.29, 1.82) is 0 Å². The fourth-order valence-electron chi connectivity index (χ4n) is 3.63. The topological polar surface area (TPSA) is 92.8 Å². The Morgan fingerprint density at radius 2 is 1.79 bits per heavy atom. The number of esters is 1. The second-order valence-electron chi connectivity index (χ2n) is 7.23. The minimum Gasteiger partial charge on any atom is -0.452 e. The lowest BCUT2D eigenvalue weighted by molar-refractivity contribution is -0.124. The molecule has 2 fully saturated rings. The number of piperidine rings is 1. The molecule has 0 radical (unpaired) electrons. The lowest BCUT2D eigenvalue weighted by atomic mass is 10.2. The molecule has 1 saturated heterocycles. The van der Waals surface area contributed by atoms with Crippen LogP contribution < -0.4 is 5.32 Å². The zero-order valence-corrected chi connectivity index (χ0v) is 17.2. The van der Waals surface area contributed by atoms with Gasteiger partial charge >= 0.3 is 5.97 Å². The van der Waals surface area contributed by atoms with Gasteiger partial charge in [-0.2, -0.15) is 4.31 Å². The number of halogens is 1. The zero-order valence-electron chi connectivity index (χ0n) is 15.7. The van der Waals surface area contributed by atoms with Gasteiger partial charge in [0.15, 0.2) is 6.61 Å². The molecule has 1 saturated carbocycles. The Kier molecular flexibility index (Phi) is 6.95. The van der Waals surface area contributed by atoms with Crippen molar-refractivity contribution in [2.75, 3.05) is 19.7 Å². The van der Waals surface area contributed by atoms with Crippen molar-refractivity contribution < 1.29 is 22.7 Å². The van der Waals surface area contributed by atoms with Crippen LogP contribution in [-0.4, -0.2) is 50.3 Å². The van der Waals surface area contributed by atoms with Crippen molar-refractivity contribution in [2.45, 2.75) is 55.9 Å². The number of nitrogens with zero attached hydrogens (tertiary/aromatic N) is 1. The first-order chi connectivity index (χ1) is 13.4. The van der Waals surface area contributed by atoms with E-state index in [1.807, 2.05) is 0 Å². The molecule has 1 aliphatic heterocycles. The minimum absolute atomic E-state index is 0.0497. The summed E-state index contributed by atoms with van der Waals surface area (Å²) in [5.74, 6) is -1.11. The molecule has 1 heterocycles. The van der Waals surface area contributed by atoms with Crippen molar-refractivity contribution in [3.05, 3.63) is 28.8 Å². The van der Waals surface area contributed by atoms with E-state index in [0.717, 1.165) is 44.9 Å². The van der Waals surface area contributed by atoms with E-state index in [9.17, 15) is 18.0 Å². The largest absolute Gasteiger partial charge is 0.452 e. The molecular formula is C19H25ClN2O5S. The summed E-state index contributed by atoms with van der Waals surface area (Å²) in [7, 11) is -3.78. The van der Waals surface area contributed by atoms with Crippen LogP contribution in [0.5, 0.6) is 0 Å². The van der Waals surface area contributed by atoms with Gasteiger partial charge in [0, 0.05) is 19.1 Å². The van der Waals surface area contributed by atoms with Crippen LogP contribution in [0.25, 0.3) is 0 Å². The van der Waals surface area contributed by atoms with Gasteiger partial charge in [0.2, 0.25) is 10.0 Å². The highest BCUT2D eigenvalue weighted by Gasteiger charge is 2.29. The molecule has 0 aromatic heterocycles. The predicted molar refractivity (Wildman–Crippen MR) is 105 cm³/mol. The maximum Gasteiger partial charge on any atom is 0.338 e. The van der Waals surface area contributed by atoms with Gasteiger partial charge in [-0.05, 0) is 43.9 Å². The average Bonchev–Trinajstić information content (AvgIpc) is 3.20. The van der Waals surface area contributed by atoms with Crippen LogP contribution in [0.2, 0.25) is 5.02 Å². The van der Waals surface area contributed by atoms with Gasteiger partial charge in [-0.3, -0.25) is 4.79 Å². The second kappa shape index (κ2) is 9.24. The third-order valence-corrected chi connectivity index (χ3v) is 7.53. The van der Waals surface area contributed by atoms with E-state index in [2.05, 4.69) is 5.32 Å². The summed E-state index contributed by atoms with van der Waals surface area (Å²) < 4.78 is 32.2. The number of nitrogens with one attached hydrogen (secondary N) is 1. The molecule has 1 aromatic rings. The van der Waals surface area contributed by atoms with Crippen molar-refractivity contribution in [1.82, 2.24) is 9.62 Å². The minimum atomic E-state index is -3.78. The van der Waals surface area contributed by atoms with E-state index in [4.69, 9.17) is 16.3 Å².